The first-order chi connectivity index (χ1) is 10.9. The van der Waals surface area contributed by atoms with Gasteiger partial charge in [0.25, 0.3) is 11.8 Å². The number of urea groups is 1. The van der Waals surface area contributed by atoms with E-state index in [4.69, 9.17) is 0 Å². The Hall–Kier alpha value is -2.03. The average Bonchev–Trinajstić information content (AvgIpc) is 2.80. The normalized spacial score (nSPS) is 25.0. The molecular formula is C17H25N3O3. The number of carbonyl (C=O) groups is 3. The Morgan fingerprint density at radius 3 is 2.48 bits per heavy atom. The Labute approximate surface area is 137 Å². The quantitative estimate of drug-likeness (QED) is 0.605. The molecule has 2 saturated heterocycles. The lowest BCUT2D eigenvalue weighted by Gasteiger charge is -2.40. The van der Waals surface area contributed by atoms with E-state index >= 15 is 0 Å². The molecule has 126 valence electrons. The lowest BCUT2D eigenvalue weighted by molar-refractivity contribution is -0.129. The molecule has 2 N–H and O–H groups in total. The fourth-order valence-corrected chi connectivity index (χ4v) is 3.45. The van der Waals surface area contributed by atoms with Crippen molar-refractivity contribution in [2.45, 2.75) is 52.0 Å². The third-order valence-electron chi connectivity index (χ3n) is 4.80. The second-order valence-electron chi connectivity index (χ2n) is 6.75. The van der Waals surface area contributed by atoms with Crippen LogP contribution in [0.25, 0.3) is 0 Å². The third-order valence-corrected chi connectivity index (χ3v) is 4.80. The number of nitrogens with one attached hydrogen (secondary N) is 2. The van der Waals surface area contributed by atoms with Crippen LogP contribution in [0, 0.1) is 23.7 Å². The molecule has 2 fully saturated rings. The van der Waals surface area contributed by atoms with E-state index in [0.717, 1.165) is 6.42 Å². The first kappa shape index (κ1) is 17.3. The summed E-state index contributed by atoms with van der Waals surface area (Å²) in [7, 11) is 0. The molecule has 0 saturated carbocycles. The molecule has 0 spiro atoms. The summed E-state index contributed by atoms with van der Waals surface area (Å²) in [4.78, 5) is 37.7. The van der Waals surface area contributed by atoms with Crippen molar-refractivity contribution in [3.8, 4) is 11.8 Å². The summed E-state index contributed by atoms with van der Waals surface area (Å²) in [5.74, 6) is 5.29. The molecule has 0 aromatic rings. The Bertz CT molecular complexity index is 553. The molecule has 2 aliphatic rings. The van der Waals surface area contributed by atoms with Gasteiger partial charge in [-0.1, -0.05) is 19.8 Å². The second kappa shape index (κ2) is 7.03. The van der Waals surface area contributed by atoms with E-state index in [2.05, 4.69) is 36.3 Å². The molecule has 0 aromatic heterocycles. The highest BCUT2D eigenvalue weighted by molar-refractivity contribution is 6.07. The number of amides is 4. The number of likely N-dealkylation sites (tertiary alicyclic amines) is 1. The van der Waals surface area contributed by atoms with Crippen molar-refractivity contribution < 1.29 is 14.4 Å². The first-order valence-electron chi connectivity index (χ1n) is 8.24. The van der Waals surface area contributed by atoms with E-state index in [1.54, 1.807) is 11.8 Å². The summed E-state index contributed by atoms with van der Waals surface area (Å²) < 4.78 is 0. The number of hydrogen-bond acceptors (Lipinski definition) is 3. The monoisotopic (exact) mass is 319 g/mol. The molecule has 0 aliphatic carbocycles. The number of rotatable bonds is 4. The Morgan fingerprint density at radius 1 is 1.35 bits per heavy atom. The van der Waals surface area contributed by atoms with Gasteiger partial charge in [0.1, 0.15) is 5.54 Å². The summed E-state index contributed by atoms with van der Waals surface area (Å²) in [5, 5.41) is 5.27. The lowest BCUT2D eigenvalue weighted by Crippen LogP contribution is -2.56. The topological polar surface area (TPSA) is 78.5 Å². The second-order valence-corrected chi connectivity index (χ2v) is 6.75. The van der Waals surface area contributed by atoms with Crippen LogP contribution in [-0.4, -0.2) is 41.4 Å². The highest BCUT2D eigenvalue weighted by atomic mass is 16.2. The van der Waals surface area contributed by atoms with Gasteiger partial charge in [-0.25, -0.2) is 4.79 Å². The van der Waals surface area contributed by atoms with Crippen molar-refractivity contribution >= 4 is 17.8 Å². The maximum absolute atomic E-state index is 12.4. The highest BCUT2D eigenvalue weighted by Gasteiger charge is 2.51. The number of hydrogen-bond donors (Lipinski definition) is 2. The minimum atomic E-state index is -0.826. The lowest BCUT2D eigenvalue weighted by atomic mass is 9.74. The average molecular weight is 319 g/mol. The van der Waals surface area contributed by atoms with Gasteiger partial charge in [0.15, 0.2) is 0 Å². The van der Waals surface area contributed by atoms with Gasteiger partial charge >= 0.3 is 6.03 Å². The molecule has 0 radical (unpaired) electrons. The van der Waals surface area contributed by atoms with Gasteiger partial charge in [-0.05, 0) is 50.4 Å². The molecule has 2 rings (SSSR count). The van der Waals surface area contributed by atoms with Gasteiger partial charge in [0.05, 0.1) is 0 Å². The van der Waals surface area contributed by atoms with Gasteiger partial charge in [-0.2, -0.15) is 0 Å². The molecule has 4 amide bonds. The van der Waals surface area contributed by atoms with E-state index in [0.29, 0.717) is 38.3 Å². The number of piperidine rings is 1. The zero-order chi connectivity index (χ0) is 17.0. The predicted octanol–water partition coefficient (Wildman–Crippen LogP) is 1.26. The van der Waals surface area contributed by atoms with Crippen molar-refractivity contribution in [3.63, 3.8) is 0 Å². The summed E-state index contributed by atoms with van der Waals surface area (Å²) in [5.41, 5.74) is -0.826. The molecule has 0 aromatic carbocycles. The minimum Gasteiger partial charge on any atom is -0.332 e. The molecule has 1 atom stereocenters. The maximum atomic E-state index is 12.4. The van der Waals surface area contributed by atoms with Gasteiger partial charge in [-0.3, -0.25) is 14.9 Å². The maximum Gasteiger partial charge on any atom is 0.322 e. The van der Waals surface area contributed by atoms with Crippen molar-refractivity contribution in [3.05, 3.63) is 0 Å². The molecule has 2 heterocycles. The molecule has 6 heteroatoms. The largest absolute Gasteiger partial charge is 0.332 e. The van der Waals surface area contributed by atoms with E-state index in [9.17, 15) is 14.4 Å². The Balaban J connectivity index is 2.09. The molecule has 0 bridgehead atoms. The van der Waals surface area contributed by atoms with Crippen molar-refractivity contribution in [1.82, 2.24) is 15.5 Å². The van der Waals surface area contributed by atoms with Gasteiger partial charge < -0.3 is 10.2 Å². The summed E-state index contributed by atoms with van der Waals surface area (Å²) >= 11 is 0. The number of nitrogens with zero attached hydrogens (tertiary/aromatic N) is 1. The zero-order valence-corrected chi connectivity index (χ0v) is 14.1. The highest BCUT2D eigenvalue weighted by Crippen LogP contribution is 2.35. The number of imide groups is 1. The van der Waals surface area contributed by atoms with E-state index in [1.165, 1.54) is 0 Å². The summed E-state index contributed by atoms with van der Waals surface area (Å²) in [6.45, 7) is 7.00. The van der Waals surface area contributed by atoms with E-state index in [1.807, 2.05) is 0 Å². The van der Waals surface area contributed by atoms with Crippen molar-refractivity contribution in [2.24, 2.45) is 11.8 Å². The van der Waals surface area contributed by atoms with Crippen LogP contribution < -0.4 is 10.6 Å². The molecule has 23 heavy (non-hydrogen) atoms. The van der Waals surface area contributed by atoms with Crippen LogP contribution in [0.1, 0.15) is 46.5 Å². The fourth-order valence-electron chi connectivity index (χ4n) is 3.45. The molecular weight excluding hydrogens is 294 g/mol. The van der Waals surface area contributed by atoms with Crippen molar-refractivity contribution in [2.75, 3.05) is 13.1 Å². The van der Waals surface area contributed by atoms with E-state index < -0.39 is 11.6 Å². The summed E-state index contributed by atoms with van der Waals surface area (Å²) in [6.07, 6.45) is 2.90. The first-order valence-corrected chi connectivity index (χ1v) is 8.24. The van der Waals surface area contributed by atoms with Crippen LogP contribution >= 0.6 is 0 Å². The molecule has 1 unspecified atom stereocenters. The van der Waals surface area contributed by atoms with Crippen LogP contribution in [0.15, 0.2) is 0 Å². The SMILES string of the molecule is CC#CC(=O)N1CCC(C2(CCC(C)C)NC(=O)NC2=O)CC1. The van der Waals surface area contributed by atoms with Crippen LogP contribution in [-0.2, 0) is 9.59 Å². The fraction of sp³-hybridized carbons (Fsp3) is 0.706. The van der Waals surface area contributed by atoms with Gasteiger partial charge in [0.2, 0.25) is 0 Å². The van der Waals surface area contributed by atoms with E-state index in [-0.39, 0.29) is 17.7 Å². The van der Waals surface area contributed by atoms with Crippen molar-refractivity contribution in [1.29, 1.82) is 0 Å². The van der Waals surface area contributed by atoms with Crippen LogP contribution in [0.5, 0.6) is 0 Å². The standard InChI is InChI=1S/C17H25N3O3/c1-4-5-14(21)20-10-7-13(8-11-20)17(9-6-12(2)3)15(22)18-16(23)19-17/h12-13H,6-11H2,1-3H3,(H2,18,19,22,23). The van der Waals surface area contributed by atoms with Crippen LogP contribution in [0.4, 0.5) is 4.79 Å². The summed E-state index contributed by atoms with van der Waals surface area (Å²) in [6, 6.07) is -0.408. The van der Waals surface area contributed by atoms with Gasteiger partial charge in [0, 0.05) is 13.1 Å². The van der Waals surface area contributed by atoms with Crippen LogP contribution in [0.2, 0.25) is 0 Å². The van der Waals surface area contributed by atoms with Gasteiger partial charge in [-0.15, -0.1) is 0 Å². The minimum absolute atomic E-state index is 0.0475. The molecule has 2 aliphatic heterocycles. The third kappa shape index (κ3) is 3.66. The predicted molar refractivity (Wildman–Crippen MR) is 86.2 cm³/mol. The Kier molecular flexibility index (Phi) is 5.30. The van der Waals surface area contributed by atoms with Crippen LogP contribution in [0.3, 0.4) is 0 Å². The zero-order valence-electron chi connectivity index (χ0n) is 14.1. The smallest absolute Gasteiger partial charge is 0.322 e. The Morgan fingerprint density at radius 2 is 2.00 bits per heavy atom. The molecule has 6 nitrogen and oxygen atoms in total. The number of carbonyl (C=O) groups excluding carboxylic acids is 3.